The van der Waals surface area contributed by atoms with Gasteiger partial charge in [-0.2, -0.15) is 0 Å². The van der Waals surface area contributed by atoms with Crippen molar-refractivity contribution in [1.82, 2.24) is 10.6 Å². The highest BCUT2D eigenvalue weighted by molar-refractivity contribution is 5.85. The maximum atomic E-state index is 12.2. The van der Waals surface area contributed by atoms with Crippen LogP contribution in [0.25, 0.3) is 0 Å². The maximum absolute atomic E-state index is 12.2. The zero-order valence-electron chi connectivity index (χ0n) is 12.4. The van der Waals surface area contributed by atoms with Gasteiger partial charge in [0.2, 0.25) is 5.91 Å². The number of benzene rings is 1. The minimum atomic E-state index is 0. The van der Waals surface area contributed by atoms with E-state index in [9.17, 15) is 4.79 Å². The molecule has 116 valence electrons. The Morgan fingerprint density at radius 1 is 1.14 bits per heavy atom. The van der Waals surface area contributed by atoms with E-state index in [1.165, 1.54) is 11.1 Å². The van der Waals surface area contributed by atoms with Gasteiger partial charge in [0.1, 0.15) is 0 Å². The van der Waals surface area contributed by atoms with E-state index in [-0.39, 0.29) is 18.3 Å². The Balaban J connectivity index is 0.00000161. The Bertz CT molecular complexity index is 472. The molecule has 1 unspecified atom stereocenters. The van der Waals surface area contributed by atoms with Crippen LogP contribution >= 0.6 is 12.4 Å². The molecule has 4 heteroatoms. The van der Waals surface area contributed by atoms with Crippen LogP contribution in [0.4, 0.5) is 0 Å². The summed E-state index contributed by atoms with van der Waals surface area (Å²) in [6, 6.07) is 9.05. The molecule has 1 aliphatic heterocycles. The minimum Gasteiger partial charge on any atom is -0.353 e. The van der Waals surface area contributed by atoms with E-state index in [1.807, 2.05) is 0 Å². The molecule has 1 aliphatic carbocycles. The van der Waals surface area contributed by atoms with Gasteiger partial charge in [0.05, 0.1) is 0 Å². The molecule has 0 radical (unpaired) electrons. The van der Waals surface area contributed by atoms with Gasteiger partial charge in [-0.25, -0.2) is 0 Å². The van der Waals surface area contributed by atoms with Crippen LogP contribution in [0.5, 0.6) is 0 Å². The standard InChI is InChI=1S/C17H24N2O.ClH/c20-17(19-16-7-9-18-10-8-16)12-13-5-6-14-3-1-2-4-15(14)11-13;/h1-4,13,16,18H,5-12H2,(H,19,20);1H. The topological polar surface area (TPSA) is 41.1 Å². The summed E-state index contributed by atoms with van der Waals surface area (Å²) >= 11 is 0. The van der Waals surface area contributed by atoms with Gasteiger partial charge in [0.25, 0.3) is 0 Å². The summed E-state index contributed by atoms with van der Waals surface area (Å²) in [6.07, 6.45) is 6.17. The number of rotatable bonds is 3. The molecule has 1 fully saturated rings. The fraction of sp³-hybridized carbons (Fsp3) is 0.588. The van der Waals surface area contributed by atoms with E-state index in [2.05, 4.69) is 34.9 Å². The second-order valence-electron chi connectivity index (χ2n) is 6.17. The van der Waals surface area contributed by atoms with Gasteiger partial charge < -0.3 is 10.6 Å². The summed E-state index contributed by atoms with van der Waals surface area (Å²) in [6.45, 7) is 2.06. The van der Waals surface area contributed by atoms with Gasteiger partial charge in [-0.3, -0.25) is 4.79 Å². The molecule has 1 amide bonds. The first-order valence-electron chi connectivity index (χ1n) is 7.88. The Labute approximate surface area is 133 Å². The molecule has 3 nitrogen and oxygen atoms in total. The third-order valence-corrected chi connectivity index (χ3v) is 4.63. The highest BCUT2D eigenvalue weighted by atomic mass is 35.5. The fourth-order valence-electron chi connectivity index (χ4n) is 3.46. The summed E-state index contributed by atoms with van der Waals surface area (Å²) in [5, 5.41) is 6.54. The lowest BCUT2D eigenvalue weighted by atomic mass is 9.82. The molecule has 0 saturated carbocycles. The van der Waals surface area contributed by atoms with Crippen LogP contribution in [0, 0.1) is 5.92 Å². The molecular weight excluding hydrogens is 284 g/mol. The largest absolute Gasteiger partial charge is 0.353 e. The van der Waals surface area contributed by atoms with Crippen molar-refractivity contribution < 1.29 is 4.79 Å². The van der Waals surface area contributed by atoms with E-state index in [0.29, 0.717) is 18.4 Å². The van der Waals surface area contributed by atoms with Crippen molar-refractivity contribution in [2.45, 2.75) is 44.6 Å². The smallest absolute Gasteiger partial charge is 0.220 e. The normalized spacial score (nSPS) is 22.0. The number of hydrogen-bond donors (Lipinski definition) is 2. The summed E-state index contributed by atoms with van der Waals surface area (Å²) in [4.78, 5) is 12.2. The summed E-state index contributed by atoms with van der Waals surface area (Å²) in [7, 11) is 0. The molecule has 2 aliphatic rings. The second-order valence-corrected chi connectivity index (χ2v) is 6.17. The lowest BCUT2D eigenvalue weighted by Crippen LogP contribution is -2.43. The van der Waals surface area contributed by atoms with Crippen molar-refractivity contribution in [3.8, 4) is 0 Å². The van der Waals surface area contributed by atoms with E-state index in [0.717, 1.165) is 45.2 Å². The van der Waals surface area contributed by atoms with Crippen LogP contribution < -0.4 is 10.6 Å². The predicted molar refractivity (Wildman–Crippen MR) is 87.9 cm³/mol. The van der Waals surface area contributed by atoms with Crippen LogP contribution in [0.15, 0.2) is 24.3 Å². The summed E-state index contributed by atoms with van der Waals surface area (Å²) in [5.74, 6) is 0.771. The number of hydrogen-bond acceptors (Lipinski definition) is 2. The Kier molecular flexibility index (Phi) is 6.07. The van der Waals surface area contributed by atoms with Crippen molar-refractivity contribution in [2.75, 3.05) is 13.1 Å². The van der Waals surface area contributed by atoms with Gasteiger partial charge in [-0.1, -0.05) is 24.3 Å². The molecule has 0 bridgehead atoms. The van der Waals surface area contributed by atoms with Crippen molar-refractivity contribution >= 4 is 18.3 Å². The molecule has 1 saturated heterocycles. The lowest BCUT2D eigenvalue weighted by Gasteiger charge is -2.27. The molecule has 1 aromatic carbocycles. The molecule has 0 spiro atoms. The number of halogens is 1. The van der Waals surface area contributed by atoms with Gasteiger partial charge in [0.15, 0.2) is 0 Å². The van der Waals surface area contributed by atoms with E-state index in [4.69, 9.17) is 0 Å². The van der Waals surface area contributed by atoms with E-state index in [1.54, 1.807) is 0 Å². The predicted octanol–water partition coefficient (Wildman–Crippen LogP) is 2.47. The van der Waals surface area contributed by atoms with E-state index < -0.39 is 0 Å². The first-order valence-corrected chi connectivity index (χ1v) is 7.88. The molecular formula is C17H25ClN2O. The summed E-state index contributed by atoms with van der Waals surface area (Å²) in [5.41, 5.74) is 2.92. The quantitative estimate of drug-likeness (QED) is 0.900. The zero-order valence-corrected chi connectivity index (χ0v) is 13.3. The average molecular weight is 309 g/mol. The molecule has 21 heavy (non-hydrogen) atoms. The number of carbonyl (C=O) groups is 1. The number of fused-ring (bicyclic) bond motifs is 1. The fourth-order valence-corrected chi connectivity index (χ4v) is 3.46. The lowest BCUT2D eigenvalue weighted by molar-refractivity contribution is -0.123. The van der Waals surface area contributed by atoms with Gasteiger partial charge in [-0.15, -0.1) is 12.4 Å². The zero-order chi connectivity index (χ0) is 13.8. The molecule has 0 aromatic heterocycles. The van der Waals surface area contributed by atoms with Gasteiger partial charge in [-0.05, 0) is 62.2 Å². The number of carbonyl (C=O) groups excluding carboxylic acids is 1. The third kappa shape index (κ3) is 4.45. The van der Waals surface area contributed by atoms with Crippen molar-refractivity contribution in [1.29, 1.82) is 0 Å². The SMILES string of the molecule is Cl.O=C(CC1CCc2ccccc2C1)NC1CCNCC1. The molecule has 2 N–H and O–H groups in total. The number of nitrogens with one attached hydrogen (secondary N) is 2. The Morgan fingerprint density at radius 3 is 2.62 bits per heavy atom. The van der Waals surface area contributed by atoms with Crippen LogP contribution in [-0.4, -0.2) is 25.0 Å². The van der Waals surface area contributed by atoms with Crippen LogP contribution in [0.3, 0.4) is 0 Å². The average Bonchev–Trinajstić information content (AvgIpc) is 2.48. The molecule has 1 heterocycles. The monoisotopic (exact) mass is 308 g/mol. The van der Waals surface area contributed by atoms with Crippen LogP contribution in [0.1, 0.15) is 36.8 Å². The Hall–Kier alpha value is -1.06. The Morgan fingerprint density at radius 2 is 1.86 bits per heavy atom. The molecule has 1 aromatic rings. The van der Waals surface area contributed by atoms with Gasteiger partial charge >= 0.3 is 0 Å². The van der Waals surface area contributed by atoms with Crippen molar-refractivity contribution in [2.24, 2.45) is 5.92 Å². The third-order valence-electron chi connectivity index (χ3n) is 4.63. The number of amides is 1. The van der Waals surface area contributed by atoms with Crippen LogP contribution in [-0.2, 0) is 17.6 Å². The van der Waals surface area contributed by atoms with E-state index >= 15 is 0 Å². The number of aryl methyl sites for hydroxylation is 1. The first-order chi connectivity index (χ1) is 9.81. The second kappa shape index (κ2) is 7.81. The maximum Gasteiger partial charge on any atom is 0.220 e. The first kappa shape index (κ1) is 16.3. The van der Waals surface area contributed by atoms with Crippen molar-refractivity contribution in [3.63, 3.8) is 0 Å². The van der Waals surface area contributed by atoms with Crippen molar-refractivity contribution in [3.05, 3.63) is 35.4 Å². The minimum absolute atomic E-state index is 0. The highest BCUT2D eigenvalue weighted by Gasteiger charge is 2.22. The molecule has 1 atom stereocenters. The number of piperidine rings is 1. The highest BCUT2D eigenvalue weighted by Crippen LogP contribution is 2.27. The molecule has 3 rings (SSSR count). The van der Waals surface area contributed by atoms with Crippen LogP contribution in [0.2, 0.25) is 0 Å². The van der Waals surface area contributed by atoms with Gasteiger partial charge in [0, 0.05) is 12.5 Å². The summed E-state index contributed by atoms with van der Waals surface area (Å²) < 4.78 is 0.